The van der Waals surface area contributed by atoms with Crippen LogP contribution in [0.1, 0.15) is 79.6 Å². The Morgan fingerprint density at radius 3 is 2.59 bits per heavy atom. The first-order chi connectivity index (χ1) is 10.4. The summed E-state index contributed by atoms with van der Waals surface area (Å²) in [5.41, 5.74) is -0.413. The van der Waals surface area contributed by atoms with Gasteiger partial charge in [0, 0.05) is 25.2 Å². The Kier molecular flexibility index (Phi) is 8.23. The summed E-state index contributed by atoms with van der Waals surface area (Å²) in [5, 5.41) is 3.79. The smallest absolute Gasteiger partial charge is 0.410 e. The zero-order valence-electron chi connectivity index (χ0n) is 15.3. The van der Waals surface area contributed by atoms with Gasteiger partial charge >= 0.3 is 6.09 Å². The maximum Gasteiger partial charge on any atom is 0.410 e. The van der Waals surface area contributed by atoms with Crippen LogP contribution in [-0.4, -0.2) is 41.8 Å². The van der Waals surface area contributed by atoms with Gasteiger partial charge in [-0.2, -0.15) is 0 Å². The Balaban J connectivity index is 2.48. The van der Waals surface area contributed by atoms with E-state index in [4.69, 9.17) is 4.74 Å². The zero-order valence-corrected chi connectivity index (χ0v) is 15.3. The highest BCUT2D eigenvalue weighted by Crippen LogP contribution is 2.17. The van der Waals surface area contributed by atoms with Crippen molar-refractivity contribution in [2.75, 3.05) is 13.1 Å². The Morgan fingerprint density at radius 1 is 1.27 bits per heavy atom. The number of rotatable bonds is 7. The topological polar surface area (TPSA) is 41.6 Å². The number of unbranched alkanes of at least 4 members (excludes halogenated alkanes) is 1. The van der Waals surface area contributed by atoms with E-state index in [1.165, 1.54) is 32.1 Å². The number of ether oxygens (including phenoxy) is 1. The molecule has 0 aliphatic carbocycles. The fraction of sp³-hybridized carbons (Fsp3) is 0.944. The van der Waals surface area contributed by atoms with Crippen molar-refractivity contribution in [2.24, 2.45) is 0 Å². The zero-order chi connectivity index (χ0) is 16.6. The van der Waals surface area contributed by atoms with Crippen LogP contribution in [0.25, 0.3) is 0 Å². The summed E-state index contributed by atoms with van der Waals surface area (Å²) in [7, 11) is 0. The van der Waals surface area contributed by atoms with Crippen molar-refractivity contribution in [3.8, 4) is 0 Å². The van der Waals surface area contributed by atoms with Crippen LogP contribution in [0.4, 0.5) is 4.79 Å². The van der Waals surface area contributed by atoms with E-state index >= 15 is 0 Å². The molecule has 22 heavy (non-hydrogen) atoms. The van der Waals surface area contributed by atoms with Gasteiger partial charge in [0.15, 0.2) is 0 Å². The van der Waals surface area contributed by atoms with Gasteiger partial charge < -0.3 is 15.0 Å². The summed E-state index contributed by atoms with van der Waals surface area (Å²) in [6.07, 6.45) is 8.26. The maximum atomic E-state index is 12.2. The van der Waals surface area contributed by atoms with Gasteiger partial charge in [-0.1, -0.05) is 33.1 Å². The van der Waals surface area contributed by atoms with Crippen molar-refractivity contribution < 1.29 is 9.53 Å². The molecule has 0 aromatic carbocycles. The molecule has 130 valence electrons. The number of carbonyl (C=O) groups is 1. The number of hydrogen-bond acceptors (Lipinski definition) is 3. The quantitative estimate of drug-likeness (QED) is 0.760. The molecule has 0 saturated carbocycles. The molecule has 1 aliphatic rings. The minimum Gasteiger partial charge on any atom is -0.444 e. The third-order valence-electron chi connectivity index (χ3n) is 4.09. The van der Waals surface area contributed by atoms with Gasteiger partial charge in [0.25, 0.3) is 0 Å². The van der Waals surface area contributed by atoms with E-state index < -0.39 is 5.60 Å². The molecule has 4 heteroatoms. The summed E-state index contributed by atoms with van der Waals surface area (Å²) >= 11 is 0. The van der Waals surface area contributed by atoms with Crippen LogP contribution in [0.2, 0.25) is 0 Å². The average Bonchev–Trinajstić information content (AvgIpc) is 2.43. The van der Waals surface area contributed by atoms with Crippen LogP contribution in [-0.2, 0) is 4.74 Å². The summed E-state index contributed by atoms with van der Waals surface area (Å²) < 4.78 is 5.50. The highest BCUT2D eigenvalue weighted by Gasteiger charge is 2.28. The minimum absolute atomic E-state index is 0.167. The van der Waals surface area contributed by atoms with E-state index in [0.717, 1.165) is 25.9 Å². The van der Waals surface area contributed by atoms with E-state index in [2.05, 4.69) is 19.2 Å². The number of hydrogen-bond donors (Lipinski definition) is 1. The molecule has 0 bridgehead atoms. The van der Waals surface area contributed by atoms with Gasteiger partial charge in [-0.25, -0.2) is 4.79 Å². The standard InChI is InChI=1S/C18H36N2O2/c1-6-8-11-15(10-7-2)19-16-12-9-13-20(14-16)17(21)22-18(3,4)5/h15-16,19H,6-14H2,1-5H3. The first-order valence-corrected chi connectivity index (χ1v) is 9.09. The number of amides is 1. The van der Waals surface area contributed by atoms with Gasteiger partial charge in [0.05, 0.1) is 0 Å². The molecule has 0 aromatic rings. The van der Waals surface area contributed by atoms with Crippen molar-refractivity contribution in [2.45, 2.75) is 97.2 Å². The normalized spacial score (nSPS) is 20.8. The van der Waals surface area contributed by atoms with Crippen molar-refractivity contribution in [3.63, 3.8) is 0 Å². The molecule has 1 heterocycles. The monoisotopic (exact) mass is 312 g/mol. The van der Waals surface area contributed by atoms with Crippen LogP contribution in [0, 0.1) is 0 Å². The second-order valence-electron chi connectivity index (χ2n) is 7.56. The molecule has 0 aromatic heterocycles. The fourth-order valence-electron chi connectivity index (χ4n) is 3.05. The van der Waals surface area contributed by atoms with Gasteiger partial charge in [-0.05, 0) is 46.5 Å². The molecular formula is C18H36N2O2. The number of piperidine rings is 1. The predicted molar refractivity (Wildman–Crippen MR) is 92.2 cm³/mol. The summed E-state index contributed by atoms with van der Waals surface area (Å²) in [4.78, 5) is 14.1. The first-order valence-electron chi connectivity index (χ1n) is 9.09. The highest BCUT2D eigenvalue weighted by molar-refractivity contribution is 5.68. The van der Waals surface area contributed by atoms with Crippen LogP contribution in [0.5, 0.6) is 0 Å². The summed E-state index contributed by atoms with van der Waals surface area (Å²) in [6, 6.07) is 1.00. The van der Waals surface area contributed by atoms with Gasteiger partial charge in [0.1, 0.15) is 5.60 Å². The molecule has 2 unspecified atom stereocenters. The number of nitrogens with zero attached hydrogens (tertiary/aromatic N) is 1. The molecule has 2 atom stereocenters. The number of carbonyl (C=O) groups excluding carboxylic acids is 1. The predicted octanol–water partition coefficient (Wildman–Crippen LogP) is 4.33. The van der Waals surface area contributed by atoms with Crippen LogP contribution in [0.15, 0.2) is 0 Å². The average molecular weight is 312 g/mol. The molecule has 1 amide bonds. The fourth-order valence-corrected chi connectivity index (χ4v) is 3.05. The molecule has 1 fully saturated rings. The van der Waals surface area contributed by atoms with Crippen molar-refractivity contribution in [1.82, 2.24) is 10.2 Å². The van der Waals surface area contributed by atoms with Crippen LogP contribution >= 0.6 is 0 Å². The second kappa shape index (κ2) is 9.39. The Labute approximate surface area is 137 Å². The summed E-state index contributed by atoms with van der Waals surface area (Å²) in [5.74, 6) is 0. The molecular weight excluding hydrogens is 276 g/mol. The van der Waals surface area contributed by atoms with E-state index in [0.29, 0.717) is 12.1 Å². The molecule has 1 saturated heterocycles. The van der Waals surface area contributed by atoms with Crippen molar-refractivity contribution in [3.05, 3.63) is 0 Å². The van der Waals surface area contributed by atoms with E-state index in [1.807, 2.05) is 25.7 Å². The molecule has 4 nitrogen and oxygen atoms in total. The first kappa shape index (κ1) is 19.3. The maximum absolute atomic E-state index is 12.2. The van der Waals surface area contributed by atoms with Gasteiger partial charge in [-0.15, -0.1) is 0 Å². The Morgan fingerprint density at radius 2 is 2.00 bits per heavy atom. The SMILES string of the molecule is CCCCC(CCC)NC1CCCN(C(=O)OC(C)(C)C)C1. The van der Waals surface area contributed by atoms with Crippen LogP contribution < -0.4 is 5.32 Å². The molecule has 0 spiro atoms. The van der Waals surface area contributed by atoms with E-state index in [-0.39, 0.29) is 6.09 Å². The van der Waals surface area contributed by atoms with Crippen LogP contribution in [0.3, 0.4) is 0 Å². The minimum atomic E-state index is -0.413. The summed E-state index contributed by atoms with van der Waals surface area (Å²) in [6.45, 7) is 11.9. The molecule has 0 radical (unpaired) electrons. The second-order valence-corrected chi connectivity index (χ2v) is 7.56. The lowest BCUT2D eigenvalue weighted by Gasteiger charge is -2.36. The Hall–Kier alpha value is -0.770. The third-order valence-corrected chi connectivity index (χ3v) is 4.09. The van der Waals surface area contributed by atoms with E-state index in [9.17, 15) is 4.79 Å². The number of likely N-dealkylation sites (tertiary alicyclic amines) is 1. The molecule has 1 aliphatic heterocycles. The third kappa shape index (κ3) is 7.48. The number of nitrogens with one attached hydrogen (secondary N) is 1. The molecule has 1 N–H and O–H groups in total. The van der Waals surface area contributed by atoms with Gasteiger partial charge in [0.2, 0.25) is 0 Å². The Bertz CT molecular complexity index is 326. The van der Waals surface area contributed by atoms with Gasteiger partial charge in [-0.3, -0.25) is 0 Å². The molecule has 1 rings (SSSR count). The van der Waals surface area contributed by atoms with Crippen molar-refractivity contribution >= 4 is 6.09 Å². The highest BCUT2D eigenvalue weighted by atomic mass is 16.6. The lowest BCUT2D eigenvalue weighted by Crippen LogP contribution is -2.51. The van der Waals surface area contributed by atoms with E-state index in [1.54, 1.807) is 0 Å². The van der Waals surface area contributed by atoms with Crippen molar-refractivity contribution in [1.29, 1.82) is 0 Å². The largest absolute Gasteiger partial charge is 0.444 e. The lowest BCUT2D eigenvalue weighted by atomic mass is 10.0. The lowest BCUT2D eigenvalue weighted by molar-refractivity contribution is 0.0182.